The zero-order valence-electron chi connectivity index (χ0n) is 12.4. The predicted molar refractivity (Wildman–Crippen MR) is 85.2 cm³/mol. The van der Waals surface area contributed by atoms with Crippen LogP contribution in [0, 0.1) is 13.8 Å². The van der Waals surface area contributed by atoms with Gasteiger partial charge in [-0.15, -0.1) is 0 Å². The Morgan fingerprint density at radius 1 is 1.43 bits per heavy atom. The first-order chi connectivity index (χ1) is 9.95. The summed E-state index contributed by atoms with van der Waals surface area (Å²) < 4.78 is 0. The fourth-order valence-corrected chi connectivity index (χ4v) is 2.68. The topological polar surface area (TPSA) is 84.1 Å². The molecule has 0 aliphatic carbocycles. The molecule has 0 aromatic carbocycles. The van der Waals surface area contributed by atoms with E-state index in [-0.39, 0.29) is 11.9 Å². The van der Waals surface area contributed by atoms with Crippen molar-refractivity contribution in [3.63, 3.8) is 0 Å². The molecule has 1 aliphatic heterocycles. The summed E-state index contributed by atoms with van der Waals surface area (Å²) in [7, 11) is 0. The highest BCUT2D eigenvalue weighted by atomic mass is 32.1. The Balaban J connectivity index is 1.90. The van der Waals surface area contributed by atoms with Gasteiger partial charge in [0.15, 0.2) is 0 Å². The Morgan fingerprint density at radius 3 is 2.71 bits per heavy atom. The maximum atomic E-state index is 12.3. The summed E-state index contributed by atoms with van der Waals surface area (Å²) in [6.07, 6.45) is 1.82. The molecule has 1 amide bonds. The van der Waals surface area contributed by atoms with Crippen LogP contribution < -0.4 is 11.1 Å². The first kappa shape index (κ1) is 15.8. The Hall–Kier alpha value is -1.60. The first-order valence-electron chi connectivity index (χ1n) is 7.08. The van der Waals surface area contributed by atoms with E-state index in [1.165, 1.54) is 0 Å². The summed E-state index contributed by atoms with van der Waals surface area (Å²) in [5, 5.41) is 11.0. The maximum absolute atomic E-state index is 12.3. The zero-order chi connectivity index (χ0) is 15.4. The van der Waals surface area contributed by atoms with Gasteiger partial charge in [-0.3, -0.25) is 9.69 Å². The number of nitrogens with one attached hydrogen (secondary N) is 1. The number of aryl methyl sites for hydroxylation is 2. The Bertz CT molecular complexity index is 540. The quantitative estimate of drug-likeness (QED) is 0.791. The summed E-state index contributed by atoms with van der Waals surface area (Å²) in [6.45, 7) is 6.08. The molecule has 114 valence electrons. The average molecular weight is 307 g/mol. The highest BCUT2D eigenvalue weighted by molar-refractivity contribution is 7.80. The molecule has 2 rings (SSSR count). The molecule has 1 aliphatic rings. The van der Waals surface area contributed by atoms with Crippen molar-refractivity contribution in [2.24, 2.45) is 5.73 Å². The molecule has 0 spiro atoms. The Kier molecular flexibility index (Phi) is 5.19. The third kappa shape index (κ3) is 4.44. The minimum Gasteiger partial charge on any atom is -0.392 e. The Labute approximate surface area is 130 Å². The lowest BCUT2D eigenvalue weighted by molar-refractivity contribution is 0.0913. The van der Waals surface area contributed by atoms with Crippen LogP contribution in [0.5, 0.6) is 0 Å². The van der Waals surface area contributed by atoms with Crippen molar-refractivity contribution >= 4 is 23.1 Å². The molecule has 1 aromatic heterocycles. The van der Waals surface area contributed by atoms with Crippen LogP contribution in [0.2, 0.25) is 0 Å². The van der Waals surface area contributed by atoms with E-state index in [1.807, 2.05) is 6.92 Å². The van der Waals surface area contributed by atoms with Crippen LogP contribution in [0.15, 0.2) is 6.07 Å². The smallest absolute Gasteiger partial charge is 0.253 e. The highest BCUT2D eigenvalue weighted by Gasteiger charge is 2.22. The van der Waals surface area contributed by atoms with Crippen molar-refractivity contribution in [3.05, 3.63) is 23.0 Å². The number of hydrogen-bond donors (Lipinski definition) is 2. The van der Waals surface area contributed by atoms with Gasteiger partial charge < -0.3 is 11.1 Å². The molecular weight excluding hydrogens is 286 g/mol. The van der Waals surface area contributed by atoms with Crippen LogP contribution in [-0.2, 0) is 0 Å². The van der Waals surface area contributed by atoms with Gasteiger partial charge in [-0.05, 0) is 32.8 Å². The zero-order valence-corrected chi connectivity index (χ0v) is 13.2. The number of thiocarbonyl (C=S) groups is 1. The van der Waals surface area contributed by atoms with Gasteiger partial charge in [0.25, 0.3) is 5.91 Å². The van der Waals surface area contributed by atoms with Crippen LogP contribution in [0.3, 0.4) is 0 Å². The van der Waals surface area contributed by atoms with Gasteiger partial charge in [0.1, 0.15) is 0 Å². The molecule has 0 unspecified atom stereocenters. The van der Waals surface area contributed by atoms with Crippen molar-refractivity contribution in [2.75, 3.05) is 19.6 Å². The minimum absolute atomic E-state index is 0.0710. The molecule has 0 radical (unpaired) electrons. The number of piperidine rings is 1. The molecule has 1 saturated heterocycles. The van der Waals surface area contributed by atoms with Crippen LogP contribution in [-0.4, -0.2) is 51.7 Å². The molecule has 1 aromatic rings. The lowest BCUT2D eigenvalue weighted by Gasteiger charge is -2.32. The van der Waals surface area contributed by atoms with E-state index in [1.54, 1.807) is 13.0 Å². The van der Waals surface area contributed by atoms with E-state index >= 15 is 0 Å². The number of aromatic nitrogens is 2. The number of nitrogens with zero attached hydrogens (tertiary/aromatic N) is 3. The summed E-state index contributed by atoms with van der Waals surface area (Å²) in [5.74, 6) is -0.0710. The molecule has 21 heavy (non-hydrogen) atoms. The van der Waals surface area contributed by atoms with Gasteiger partial charge >= 0.3 is 0 Å². The number of rotatable bonds is 4. The summed E-state index contributed by atoms with van der Waals surface area (Å²) in [6, 6.07) is 1.97. The van der Waals surface area contributed by atoms with Crippen molar-refractivity contribution in [1.29, 1.82) is 0 Å². The van der Waals surface area contributed by atoms with Gasteiger partial charge in [0, 0.05) is 25.7 Å². The second-order valence-corrected chi connectivity index (χ2v) is 6.00. The maximum Gasteiger partial charge on any atom is 0.253 e. The minimum atomic E-state index is -0.0710. The Morgan fingerprint density at radius 2 is 2.10 bits per heavy atom. The summed E-state index contributed by atoms with van der Waals surface area (Å²) >= 11 is 4.92. The van der Waals surface area contributed by atoms with Gasteiger partial charge in [-0.25, -0.2) is 0 Å². The van der Waals surface area contributed by atoms with Crippen LogP contribution in [0.25, 0.3) is 0 Å². The van der Waals surface area contributed by atoms with Crippen molar-refractivity contribution < 1.29 is 4.79 Å². The third-order valence-electron chi connectivity index (χ3n) is 3.65. The van der Waals surface area contributed by atoms with Gasteiger partial charge in [0.2, 0.25) is 0 Å². The van der Waals surface area contributed by atoms with Crippen LogP contribution in [0.4, 0.5) is 0 Å². The SMILES string of the molecule is Cc1cc(C(=O)NC2CCN(CC(N)=S)CC2)c(C)nn1. The fraction of sp³-hybridized carbons (Fsp3) is 0.571. The normalized spacial score (nSPS) is 16.7. The molecule has 2 heterocycles. The monoisotopic (exact) mass is 307 g/mol. The van der Waals surface area contributed by atoms with Gasteiger partial charge in [-0.2, -0.15) is 10.2 Å². The summed E-state index contributed by atoms with van der Waals surface area (Å²) in [5.41, 5.74) is 7.56. The third-order valence-corrected chi connectivity index (χ3v) is 3.78. The lowest BCUT2D eigenvalue weighted by atomic mass is 10.0. The van der Waals surface area contributed by atoms with E-state index in [4.69, 9.17) is 18.0 Å². The number of amides is 1. The van der Waals surface area contributed by atoms with Gasteiger partial charge in [0.05, 0.1) is 21.9 Å². The van der Waals surface area contributed by atoms with Crippen LogP contribution in [0.1, 0.15) is 34.6 Å². The second kappa shape index (κ2) is 6.91. The number of hydrogen-bond acceptors (Lipinski definition) is 5. The number of carbonyl (C=O) groups excluding carboxylic acids is 1. The summed E-state index contributed by atoms with van der Waals surface area (Å²) in [4.78, 5) is 15.0. The molecule has 6 nitrogen and oxygen atoms in total. The molecule has 0 atom stereocenters. The van der Waals surface area contributed by atoms with Crippen molar-refractivity contribution in [2.45, 2.75) is 32.7 Å². The number of likely N-dealkylation sites (tertiary alicyclic amines) is 1. The largest absolute Gasteiger partial charge is 0.392 e. The van der Waals surface area contributed by atoms with Crippen molar-refractivity contribution in [3.8, 4) is 0 Å². The lowest BCUT2D eigenvalue weighted by Crippen LogP contribution is -2.46. The number of nitrogens with two attached hydrogens (primary N) is 1. The first-order valence-corrected chi connectivity index (χ1v) is 7.49. The second-order valence-electron chi connectivity index (χ2n) is 5.48. The average Bonchev–Trinajstić information content (AvgIpc) is 2.43. The van der Waals surface area contributed by atoms with Crippen molar-refractivity contribution in [1.82, 2.24) is 20.4 Å². The van der Waals surface area contributed by atoms with E-state index < -0.39 is 0 Å². The van der Waals surface area contributed by atoms with E-state index in [2.05, 4.69) is 20.4 Å². The standard InChI is InChI=1S/C14H21N5OS/c1-9-7-12(10(2)18-17-9)14(20)16-11-3-5-19(6-4-11)8-13(15)21/h7,11H,3-6,8H2,1-2H3,(H2,15,21)(H,16,20). The number of carbonyl (C=O) groups is 1. The van der Waals surface area contributed by atoms with E-state index in [9.17, 15) is 4.79 Å². The predicted octanol–water partition coefficient (Wildman–Crippen LogP) is 0.574. The van der Waals surface area contributed by atoms with Gasteiger partial charge in [-0.1, -0.05) is 12.2 Å². The van der Waals surface area contributed by atoms with Crippen LogP contribution >= 0.6 is 12.2 Å². The molecule has 3 N–H and O–H groups in total. The molecular formula is C14H21N5OS. The molecule has 0 saturated carbocycles. The van der Waals surface area contributed by atoms with E-state index in [0.717, 1.165) is 31.6 Å². The fourth-order valence-electron chi connectivity index (χ4n) is 2.50. The molecule has 1 fully saturated rings. The van der Waals surface area contributed by atoms with E-state index in [0.29, 0.717) is 22.8 Å². The molecule has 0 bridgehead atoms. The highest BCUT2D eigenvalue weighted by Crippen LogP contribution is 2.12. The molecule has 7 heteroatoms.